The van der Waals surface area contributed by atoms with Crippen LogP contribution in [-0.4, -0.2) is 29.9 Å². The zero-order valence-corrected chi connectivity index (χ0v) is 14.9. The Bertz CT molecular complexity index is 886. The predicted octanol–water partition coefficient (Wildman–Crippen LogP) is 4.23. The first-order valence-corrected chi connectivity index (χ1v) is 9.34. The second kappa shape index (κ2) is 7.71. The van der Waals surface area contributed by atoms with Crippen LogP contribution in [0.15, 0.2) is 72.8 Å². The van der Waals surface area contributed by atoms with Crippen molar-refractivity contribution in [3.63, 3.8) is 0 Å². The molecule has 1 aliphatic heterocycles. The quantitative estimate of drug-likeness (QED) is 0.768. The van der Waals surface area contributed by atoms with Crippen molar-refractivity contribution in [1.82, 2.24) is 10.2 Å². The van der Waals surface area contributed by atoms with Crippen LogP contribution in [0.4, 0.5) is 0 Å². The van der Waals surface area contributed by atoms with Crippen LogP contribution in [-0.2, 0) is 6.54 Å². The van der Waals surface area contributed by atoms with E-state index in [9.17, 15) is 4.79 Å². The number of rotatable bonds is 4. The van der Waals surface area contributed by atoms with Crippen molar-refractivity contribution in [1.29, 1.82) is 0 Å². The van der Waals surface area contributed by atoms with Crippen molar-refractivity contribution in [3.05, 3.63) is 83.9 Å². The smallest absolute Gasteiger partial charge is 0.252 e. The number of benzene rings is 3. The van der Waals surface area contributed by atoms with Gasteiger partial charge in [-0.15, -0.1) is 0 Å². The Hall–Kier alpha value is -2.65. The molecule has 1 amide bonds. The number of hydrogen-bond donors (Lipinski definition) is 1. The molecular weight excluding hydrogens is 320 g/mol. The molecule has 0 aliphatic carbocycles. The van der Waals surface area contributed by atoms with E-state index in [1.54, 1.807) is 0 Å². The van der Waals surface area contributed by atoms with Gasteiger partial charge in [-0.1, -0.05) is 66.7 Å². The van der Waals surface area contributed by atoms with Crippen LogP contribution in [0.3, 0.4) is 0 Å². The summed E-state index contributed by atoms with van der Waals surface area (Å²) in [7, 11) is 0. The molecular formula is C23H24N2O. The number of fused-ring (bicyclic) bond motifs is 1. The minimum Gasteiger partial charge on any atom is -0.348 e. The van der Waals surface area contributed by atoms with Gasteiger partial charge in [-0.25, -0.2) is 0 Å². The summed E-state index contributed by atoms with van der Waals surface area (Å²) in [6.45, 7) is 2.95. The molecule has 26 heavy (non-hydrogen) atoms. The second-order valence-corrected chi connectivity index (χ2v) is 7.06. The summed E-state index contributed by atoms with van der Waals surface area (Å²) in [5.41, 5.74) is 2.09. The molecule has 0 spiro atoms. The minimum absolute atomic E-state index is 0.0355. The molecule has 0 radical (unpaired) electrons. The number of amides is 1. The van der Waals surface area contributed by atoms with E-state index >= 15 is 0 Å². The zero-order chi connectivity index (χ0) is 17.8. The third-order valence-corrected chi connectivity index (χ3v) is 5.12. The standard InChI is InChI=1S/C23H24N2O/c26-23(22-14-6-11-19-10-4-5-13-21(19)22)24-20-12-7-15-25(17-20)16-18-8-2-1-3-9-18/h1-6,8-11,13-14,20H,7,12,15-17H2,(H,24,26)/t20-/m1/s1. The SMILES string of the molecule is O=C(N[C@@H]1CCCN(Cc2ccccc2)C1)c1cccc2ccccc12. The van der Waals surface area contributed by atoms with Crippen molar-refractivity contribution in [2.24, 2.45) is 0 Å². The summed E-state index contributed by atoms with van der Waals surface area (Å²) in [5, 5.41) is 5.39. The van der Waals surface area contributed by atoms with Gasteiger partial charge in [0.2, 0.25) is 0 Å². The molecule has 1 N–H and O–H groups in total. The van der Waals surface area contributed by atoms with E-state index in [1.807, 2.05) is 48.5 Å². The molecule has 0 aromatic heterocycles. The van der Waals surface area contributed by atoms with Crippen LogP contribution in [0.2, 0.25) is 0 Å². The van der Waals surface area contributed by atoms with Gasteiger partial charge in [-0.05, 0) is 41.8 Å². The number of nitrogens with zero attached hydrogens (tertiary/aromatic N) is 1. The van der Waals surface area contributed by atoms with Crippen LogP contribution in [0, 0.1) is 0 Å². The Morgan fingerprint density at radius 2 is 1.73 bits per heavy atom. The van der Waals surface area contributed by atoms with Gasteiger partial charge in [0.15, 0.2) is 0 Å². The Balaban J connectivity index is 1.44. The van der Waals surface area contributed by atoms with Gasteiger partial charge in [0.1, 0.15) is 0 Å². The first-order chi connectivity index (χ1) is 12.8. The predicted molar refractivity (Wildman–Crippen MR) is 106 cm³/mol. The third kappa shape index (κ3) is 3.78. The molecule has 1 atom stereocenters. The molecule has 0 bridgehead atoms. The lowest BCUT2D eigenvalue weighted by Crippen LogP contribution is -2.47. The number of nitrogens with one attached hydrogen (secondary N) is 1. The van der Waals surface area contributed by atoms with E-state index in [-0.39, 0.29) is 11.9 Å². The van der Waals surface area contributed by atoms with E-state index in [4.69, 9.17) is 0 Å². The van der Waals surface area contributed by atoms with Gasteiger partial charge < -0.3 is 5.32 Å². The van der Waals surface area contributed by atoms with E-state index in [0.29, 0.717) is 0 Å². The number of carbonyl (C=O) groups excluding carboxylic acids is 1. The molecule has 4 rings (SSSR count). The highest BCUT2D eigenvalue weighted by molar-refractivity contribution is 6.07. The van der Waals surface area contributed by atoms with Crippen LogP contribution < -0.4 is 5.32 Å². The molecule has 1 heterocycles. The highest BCUT2D eigenvalue weighted by Crippen LogP contribution is 2.19. The minimum atomic E-state index is 0.0355. The molecule has 0 saturated carbocycles. The molecule has 3 aromatic carbocycles. The Morgan fingerprint density at radius 1 is 0.962 bits per heavy atom. The van der Waals surface area contributed by atoms with E-state index in [0.717, 1.165) is 48.8 Å². The van der Waals surface area contributed by atoms with Gasteiger partial charge in [0.25, 0.3) is 5.91 Å². The molecule has 1 fully saturated rings. The normalized spacial score (nSPS) is 17.9. The van der Waals surface area contributed by atoms with Crippen LogP contribution >= 0.6 is 0 Å². The van der Waals surface area contributed by atoms with Gasteiger partial charge in [0.05, 0.1) is 0 Å². The van der Waals surface area contributed by atoms with Crippen molar-refractivity contribution < 1.29 is 4.79 Å². The molecule has 3 heteroatoms. The highest BCUT2D eigenvalue weighted by Gasteiger charge is 2.22. The fourth-order valence-electron chi connectivity index (χ4n) is 3.85. The van der Waals surface area contributed by atoms with Gasteiger partial charge in [-0.3, -0.25) is 9.69 Å². The number of piperidine rings is 1. The van der Waals surface area contributed by atoms with Crippen molar-refractivity contribution in [2.75, 3.05) is 13.1 Å². The fourth-order valence-corrected chi connectivity index (χ4v) is 3.85. The average molecular weight is 344 g/mol. The van der Waals surface area contributed by atoms with Crippen LogP contribution in [0.25, 0.3) is 10.8 Å². The summed E-state index contributed by atoms with van der Waals surface area (Å²) in [5.74, 6) is 0.0355. The van der Waals surface area contributed by atoms with Gasteiger partial charge >= 0.3 is 0 Å². The largest absolute Gasteiger partial charge is 0.348 e. The maximum atomic E-state index is 12.9. The molecule has 1 aliphatic rings. The fraction of sp³-hybridized carbons (Fsp3) is 0.261. The average Bonchev–Trinajstić information content (AvgIpc) is 2.68. The number of carbonyl (C=O) groups is 1. The van der Waals surface area contributed by atoms with Crippen molar-refractivity contribution in [3.8, 4) is 0 Å². The van der Waals surface area contributed by atoms with Crippen molar-refractivity contribution in [2.45, 2.75) is 25.4 Å². The Morgan fingerprint density at radius 3 is 2.62 bits per heavy atom. The molecule has 132 valence electrons. The number of hydrogen-bond acceptors (Lipinski definition) is 2. The molecule has 3 nitrogen and oxygen atoms in total. The van der Waals surface area contributed by atoms with E-state index in [1.165, 1.54) is 5.56 Å². The van der Waals surface area contributed by atoms with Crippen molar-refractivity contribution >= 4 is 16.7 Å². The summed E-state index contributed by atoms with van der Waals surface area (Å²) in [4.78, 5) is 15.3. The topological polar surface area (TPSA) is 32.3 Å². The van der Waals surface area contributed by atoms with Gasteiger partial charge in [-0.2, -0.15) is 0 Å². The van der Waals surface area contributed by atoms with Crippen LogP contribution in [0.5, 0.6) is 0 Å². The van der Waals surface area contributed by atoms with Gasteiger partial charge in [0, 0.05) is 24.7 Å². The first-order valence-electron chi connectivity index (χ1n) is 9.34. The Labute approximate surface area is 154 Å². The monoisotopic (exact) mass is 344 g/mol. The Kier molecular flexibility index (Phi) is 4.98. The van der Waals surface area contributed by atoms with Crippen LogP contribution in [0.1, 0.15) is 28.8 Å². The summed E-state index contributed by atoms with van der Waals surface area (Å²) < 4.78 is 0. The van der Waals surface area contributed by atoms with E-state index < -0.39 is 0 Å². The summed E-state index contributed by atoms with van der Waals surface area (Å²) in [6, 6.07) is 24.7. The maximum Gasteiger partial charge on any atom is 0.252 e. The molecule has 3 aromatic rings. The second-order valence-electron chi connectivity index (χ2n) is 7.06. The summed E-state index contributed by atoms with van der Waals surface area (Å²) in [6.07, 6.45) is 2.16. The lowest BCUT2D eigenvalue weighted by Gasteiger charge is -2.33. The zero-order valence-electron chi connectivity index (χ0n) is 14.9. The molecule has 1 saturated heterocycles. The lowest BCUT2D eigenvalue weighted by atomic mass is 10.0. The molecule has 0 unspecified atom stereocenters. The first kappa shape index (κ1) is 16.8. The number of likely N-dealkylation sites (tertiary alicyclic amines) is 1. The third-order valence-electron chi connectivity index (χ3n) is 5.12. The maximum absolute atomic E-state index is 12.9. The van der Waals surface area contributed by atoms with E-state index in [2.05, 4.69) is 34.5 Å². The summed E-state index contributed by atoms with van der Waals surface area (Å²) >= 11 is 0. The lowest BCUT2D eigenvalue weighted by molar-refractivity contribution is 0.0902. The highest BCUT2D eigenvalue weighted by atomic mass is 16.1.